The van der Waals surface area contributed by atoms with E-state index in [-0.39, 0.29) is 11.9 Å². The third-order valence-electron chi connectivity index (χ3n) is 3.55. The number of carbonyl (C=O) groups excluding carboxylic acids is 1. The predicted octanol–water partition coefficient (Wildman–Crippen LogP) is 4.16. The van der Waals surface area contributed by atoms with Gasteiger partial charge in [-0.25, -0.2) is 0 Å². The second kappa shape index (κ2) is 7.85. The minimum atomic E-state index is -0.0613. The molecule has 0 saturated carbocycles. The van der Waals surface area contributed by atoms with E-state index in [1.54, 1.807) is 7.11 Å². The maximum Gasteiger partial charge on any atom is 0.220 e. The minimum Gasteiger partial charge on any atom is -0.497 e. The van der Waals surface area contributed by atoms with E-state index in [9.17, 15) is 4.79 Å². The Balaban J connectivity index is 1.90. The average Bonchev–Trinajstić information content (AvgIpc) is 2.54. The smallest absolute Gasteiger partial charge is 0.220 e. The summed E-state index contributed by atoms with van der Waals surface area (Å²) in [4.78, 5) is 12.1. The van der Waals surface area contributed by atoms with Gasteiger partial charge in [-0.3, -0.25) is 4.79 Å². The van der Waals surface area contributed by atoms with Gasteiger partial charge < -0.3 is 10.1 Å². The van der Waals surface area contributed by atoms with Crippen molar-refractivity contribution in [2.45, 2.75) is 25.8 Å². The molecule has 22 heavy (non-hydrogen) atoms. The number of ether oxygens (including phenoxy) is 1. The number of nitrogens with one attached hydrogen (secondary N) is 1. The van der Waals surface area contributed by atoms with Gasteiger partial charge in [0, 0.05) is 11.4 Å². The highest BCUT2D eigenvalue weighted by Gasteiger charge is 2.11. The summed E-state index contributed by atoms with van der Waals surface area (Å²) in [7, 11) is 1.63. The number of methoxy groups -OCH3 is 1. The van der Waals surface area contributed by atoms with Crippen molar-refractivity contribution < 1.29 is 9.53 Å². The van der Waals surface area contributed by atoms with Gasteiger partial charge in [0.15, 0.2) is 0 Å². The van der Waals surface area contributed by atoms with Gasteiger partial charge in [0.05, 0.1) is 13.2 Å². The van der Waals surface area contributed by atoms with Crippen molar-refractivity contribution in [2.24, 2.45) is 0 Å². The molecule has 2 aromatic carbocycles. The molecule has 116 valence electrons. The number of aryl methyl sites for hydroxylation is 1. The molecule has 0 aliphatic rings. The maximum atomic E-state index is 12.1. The van der Waals surface area contributed by atoms with Gasteiger partial charge in [-0.05, 0) is 42.7 Å². The number of benzene rings is 2. The van der Waals surface area contributed by atoms with Gasteiger partial charge in [-0.1, -0.05) is 41.9 Å². The Labute approximate surface area is 136 Å². The fourth-order valence-corrected chi connectivity index (χ4v) is 2.49. The second-order valence-corrected chi connectivity index (χ2v) is 5.56. The molecule has 0 saturated heterocycles. The van der Waals surface area contributed by atoms with E-state index in [0.717, 1.165) is 16.9 Å². The molecule has 0 bridgehead atoms. The molecular formula is C18H20ClNO2. The van der Waals surface area contributed by atoms with Crippen LogP contribution < -0.4 is 10.1 Å². The first-order valence-electron chi connectivity index (χ1n) is 7.27. The molecule has 0 radical (unpaired) electrons. The summed E-state index contributed by atoms with van der Waals surface area (Å²) in [5.74, 6) is 0.796. The van der Waals surface area contributed by atoms with Crippen molar-refractivity contribution in [3.05, 3.63) is 64.7 Å². The van der Waals surface area contributed by atoms with E-state index in [2.05, 4.69) is 5.32 Å². The van der Waals surface area contributed by atoms with Gasteiger partial charge in [0.1, 0.15) is 5.75 Å². The predicted molar refractivity (Wildman–Crippen MR) is 89.3 cm³/mol. The summed E-state index contributed by atoms with van der Waals surface area (Å²) in [6.45, 7) is 1.96. The van der Waals surface area contributed by atoms with Crippen LogP contribution in [0.3, 0.4) is 0 Å². The van der Waals surface area contributed by atoms with Gasteiger partial charge in [0.2, 0.25) is 5.91 Å². The molecule has 1 N–H and O–H groups in total. The van der Waals surface area contributed by atoms with Gasteiger partial charge in [0.25, 0.3) is 0 Å². The molecule has 2 aromatic rings. The van der Waals surface area contributed by atoms with Crippen LogP contribution in [0, 0.1) is 0 Å². The van der Waals surface area contributed by atoms with Crippen LogP contribution >= 0.6 is 11.6 Å². The molecule has 1 amide bonds. The summed E-state index contributed by atoms with van der Waals surface area (Å²) in [6, 6.07) is 15.2. The molecule has 3 nitrogen and oxygen atoms in total. The highest BCUT2D eigenvalue weighted by Crippen LogP contribution is 2.19. The quantitative estimate of drug-likeness (QED) is 0.868. The molecule has 0 aliphatic carbocycles. The number of halogens is 1. The number of amides is 1. The fraction of sp³-hybridized carbons (Fsp3) is 0.278. The number of hydrogen-bond donors (Lipinski definition) is 1. The lowest BCUT2D eigenvalue weighted by molar-refractivity contribution is -0.121. The molecule has 0 heterocycles. The van der Waals surface area contributed by atoms with Crippen LogP contribution in [0.2, 0.25) is 5.02 Å². The van der Waals surface area contributed by atoms with Gasteiger partial charge in [-0.15, -0.1) is 0 Å². The first kappa shape index (κ1) is 16.4. The standard InChI is InChI=1S/C18H20ClNO2/c1-13(15-7-5-8-16(12-15)22-2)20-18(21)11-10-14-6-3-4-9-17(14)19/h3-9,12-13H,10-11H2,1-2H3,(H,20,21). The van der Waals surface area contributed by atoms with Crippen molar-refractivity contribution in [1.82, 2.24) is 5.32 Å². The Bertz CT molecular complexity index is 642. The zero-order chi connectivity index (χ0) is 15.9. The molecule has 0 aromatic heterocycles. The SMILES string of the molecule is COc1cccc(C(C)NC(=O)CCc2ccccc2Cl)c1. The van der Waals surface area contributed by atoms with Crippen LogP contribution in [0.25, 0.3) is 0 Å². The summed E-state index contributed by atoms with van der Waals surface area (Å²) < 4.78 is 5.20. The van der Waals surface area contributed by atoms with Crippen molar-refractivity contribution in [3.63, 3.8) is 0 Å². The van der Waals surface area contributed by atoms with Crippen LogP contribution in [0.15, 0.2) is 48.5 Å². The molecule has 4 heteroatoms. The van der Waals surface area contributed by atoms with E-state index < -0.39 is 0 Å². The third-order valence-corrected chi connectivity index (χ3v) is 3.92. The molecule has 1 atom stereocenters. The van der Waals surface area contributed by atoms with Crippen LogP contribution in [0.1, 0.15) is 30.5 Å². The highest BCUT2D eigenvalue weighted by atomic mass is 35.5. The Morgan fingerprint density at radius 2 is 2.00 bits per heavy atom. The van der Waals surface area contributed by atoms with Crippen LogP contribution in [0.4, 0.5) is 0 Å². The average molecular weight is 318 g/mol. The van der Waals surface area contributed by atoms with E-state index >= 15 is 0 Å². The number of carbonyl (C=O) groups is 1. The Morgan fingerprint density at radius 1 is 1.23 bits per heavy atom. The Hall–Kier alpha value is -2.00. The van der Waals surface area contributed by atoms with Crippen LogP contribution in [-0.4, -0.2) is 13.0 Å². The van der Waals surface area contributed by atoms with E-state index in [1.807, 2.05) is 55.5 Å². The normalized spacial score (nSPS) is 11.8. The zero-order valence-corrected chi connectivity index (χ0v) is 13.6. The Kier molecular flexibility index (Phi) is 5.84. The first-order chi connectivity index (χ1) is 10.6. The Morgan fingerprint density at radius 3 is 2.73 bits per heavy atom. The van der Waals surface area contributed by atoms with Crippen molar-refractivity contribution in [1.29, 1.82) is 0 Å². The summed E-state index contributed by atoms with van der Waals surface area (Å²) >= 11 is 6.10. The minimum absolute atomic E-state index is 0.00948. The number of rotatable bonds is 6. The lowest BCUT2D eigenvalue weighted by Crippen LogP contribution is -2.26. The molecule has 1 unspecified atom stereocenters. The van der Waals surface area contributed by atoms with E-state index in [4.69, 9.17) is 16.3 Å². The lowest BCUT2D eigenvalue weighted by Gasteiger charge is -2.15. The topological polar surface area (TPSA) is 38.3 Å². The molecule has 0 aliphatic heterocycles. The largest absolute Gasteiger partial charge is 0.497 e. The number of hydrogen-bond acceptors (Lipinski definition) is 2. The first-order valence-corrected chi connectivity index (χ1v) is 7.64. The third kappa shape index (κ3) is 4.50. The summed E-state index contributed by atoms with van der Waals surface area (Å²) in [5, 5.41) is 3.70. The molecule has 0 spiro atoms. The molecule has 2 rings (SSSR count). The summed E-state index contributed by atoms with van der Waals surface area (Å²) in [6.07, 6.45) is 1.05. The van der Waals surface area contributed by atoms with Crippen molar-refractivity contribution in [2.75, 3.05) is 7.11 Å². The van der Waals surface area contributed by atoms with E-state index in [0.29, 0.717) is 17.9 Å². The second-order valence-electron chi connectivity index (χ2n) is 5.16. The molecule has 0 fully saturated rings. The van der Waals surface area contributed by atoms with Gasteiger partial charge >= 0.3 is 0 Å². The monoisotopic (exact) mass is 317 g/mol. The fourth-order valence-electron chi connectivity index (χ4n) is 2.26. The highest BCUT2D eigenvalue weighted by molar-refractivity contribution is 6.31. The van der Waals surface area contributed by atoms with E-state index in [1.165, 1.54) is 0 Å². The maximum absolute atomic E-state index is 12.1. The van der Waals surface area contributed by atoms with Crippen molar-refractivity contribution in [3.8, 4) is 5.75 Å². The van der Waals surface area contributed by atoms with Crippen LogP contribution in [0.5, 0.6) is 5.75 Å². The summed E-state index contributed by atoms with van der Waals surface area (Å²) in [5.41, 5.74) is 2.01. The van der Waals surface area contributed by atoms with Crippen molar-refractivity contribution >= 4 is 17.5 Å². The van der Waals surface area contributed by atoms with Gasteiger partial charge in [-0.2, -0.15) is 0 Å². The lowest BCUT2D eigenvalue weighted by atomic mass is 10.1. The molecular weight excluding hydrogens is 298 g/mol. The zero-order valence-electron chi connectivity index (χ0n) is 12.8. The van der Waals surface area contributed by atoms with Crippen LogP contribution in [-0.2, 0) is 11.2 Å².